The third-order valence-electron chi connectivity index (χ3n) is 7.02. The van der Waals surface area contributed by atoms with Gasteiger partial charge in [-0.15, -0.1) is 0 Å². The quantitative estimate of drug-likeness (QED) is 0.758. The van der Waals surface area contributed by atoms with Gasteiger partial charge in [0.15, 0.2) is 5.82 Å². The van der Waals surface area contributed by atoms with Crippen molar-refractivity contribution in [3.05, 3.63) is 23.0 Å². The Bertz CT molecular complexity index is 987. The highest BCUT2D eigenvalue weighted by Crippen LogP contribution is 2.33. The number of nitrogens with one attached hydrogen (secondary N) is 2. The Hall–Kier alpha value is -2.64. The molecule has 172 valence electrons. The molecule has 0 spiro atoms. The molecule has 1 amide bonds. The largest absolute Gasteiger partial charge is 0.341 e. The molecule has 2 fully saturated rings. The summed E-state index contributed by atoms with van der Waals surface area (Å²) in [6.07, 6.45) is 8.37. The number of anilines is 3. The van der Waals surface area contributed by atoms with Crippen molar-refractivity contribution in [2.45, 2.75) is 83.6 Å². The number of likely N-dealkylation sites (tertiary alicyclic amines) is 1. The predicted octanol–water partition coefficient (Wildman–Crippen LogP) is 3.71. The zero-order valence-corrected chi connectivity index (χ0v) is 19.6. The first-order valence-corrected chi connectivity index (χ1v) is 12.2. The lowest BCUT2D eigenvalue weighted by atomic mass is 9.92. The molecule has 2 aromatic rings. The molecule has 0 bridgehead atoms. The van der Waals surface area contributed by atoms with Crippen LogP contribution in [0.5, 0.6) is 0 Å². The normalized spacial score (nSPS) is 21.2. The van der Waals surface area contributed by atoms with Crippen LogP contribution in [0.15, 0.2) is 6.07 Å². The number of H-pyrrole nitrogens is 1. The van der Waals surface area contributed by atoms with E-state index in [9.17, 15) is 4.79 Å². The molecule has 5 rings (SSSR count). The maximum absolute atomic E-state index is 13.3. The molecule has 0 saturated carbocycles. The minimum absolute atomic E-state index is 0.00327. The van der Waals surface area contributed by atoms with Crippen LogP contribution >= 0.6 is 0 Å². The van der Waals surface area contributed by atoms with Crippen LogP contribution < -0.4 is 10.2 Å². The molecule has 2 aliphatic heterocycles. The van der Waals surface area contributed by atoms with Gasteiger partial charge in [0, 0.05) is 42.4 Å². The summed E-state index contributed by atoms with van der Waals surface area (Å²) in [6.45, 7) is 9.10. The van der Waals surface area contributed by atoms with E-state index in [4.69, 9.17) is 9.97 Å². The zero-order chi connectivity index (χ0) is 22.3. The summed E-state index contributed by atoms with van der Waals surface area (Å²) in [5.41, 5.74) is 3.38. The number of carbonyl (C=O) groups is 1. The second-order valence-corrected chi connectivity index (χ2v) is 10.4. The Morgan fingerprint density at radius 1 is 1.06 bits per heavy atom. The van der Waals surface area contributed by atoms with Crippen LogP contribution in [-0.4, -0.2) is 56.6 Å². The van der Waals surface area contributed by atoms with Crippen LogP contribution in [0.25, 0.3) is 0 Å². The highest BCUT2D eigenvalue weighted by molar-refractivity contribution is 5.85. The molecule has 2 aromatic heterocycles. The number of carbonyl (C=O) groups excluding carboxylic acids is 1. The van der Waals surface area contributed by atoms with Gasteiger partial charge in [-0.05, 0) is 51.4 Å². The maximum atomic E-state index is 13.3. The van der Waals surface area contributed by atoms with Crippen LogP contribution in [0.2, 0.25) is 0 Å². The average Bonchev–Trinajstić information content (AvgIpc) is 3.53. The lowest BCUT2D eigenvalue weighted by Crippen LogP contribution is -2.48. The first-order chi connectivity index (χ1) is 15.4. The van der Waals surface area contributed by atoms with Gasteiger partial charge in [-0.2, -0.15) is 10.1 Å². The summed E-state index contributed by atoms with van der Waals surface area (Å²) < 4.78 is 0. The first-order valence-electron chi connectivity index (χ1n) is 12.2. The van der Waals surface area contributed by atoms with Crippen molar-refractivity contribution in [1.82, 2.24) is 25.1 Å². The highest BCUT2D eigenvalue weighted by atomic mass is 16.2. The lowest BCUT2D eigenvalue weighted by Gasteiger charge is -2.32. The molecule has 1 aliphatic carbocycles. The Labute approximate surface area is 190 Å². The number of piperidine rings is 1. The summed E-state index contributed by atoms with van der Waals surface area (Å²) in [5.74, 6) is 2.55. The van der Waals surface area contributed by atoms with Gasteiger partial charge in [0.1, 0.15) is 11.9 Å². The van der Waals surface area contributed by atoms with Gasteiger partial charge in [0.05, 0.1) is 5.69 Å². The second-order valence-electron chi connectivity index (χ2n) is 10.4. The number of fused-ring (bicyclic) bond motifs is 1. The molecular weight excluding hydrogens is 402 g/mol. The monoisotopic (exact) mass is 437 g/mol. The van der Waals surface area contributed by atoms with Crippen LogP contribution in [0.4, 0.5) is 17.6 Å². The standard InChI is InChI=1S/C24H35N7O/c1-24(2,3)19-15-20(29-28-19)26-21-16-9-7-10-17(16)25-23(27-21)31-14-8-11-18(31)22(32)30-12-5-4-6-13-30/h15,18H,4-14H2,1-3H3,(H2,25,26,27,28,29). The number of rotatable bonds is 4. The van der Waals surface area contributed by atoms with Gasteiger partial charge >= 0.3 is 0 Å². The molecular formula is C24H35N7O. The number of aryl methyl sites for hydroxylation is 1. The van der Waals surface area contributed by atoms with Gasteiger partial charge < -0.3 is 15.1 Å². The van der Waals surface area contributed by atoms with Gasteiger partial charge in [0.2, 0.25) is 11.9 Å². The molecule has 1 unspecified atom stereocenters. The van der Waals surface area contributed by atoms with Crippen molar-refractivity contribution in [3.8, 4) is 0 Å². The van der Waals surface area contributed by atoms with Crippen molar-refractivity contribution in [1.29, 1.82) is 0 Å². The van der Waals surface area contributed by atoms with Crippen molar-refractivity contribution >= 4 is 23.5 Å². The number of hydrogen-bond donors (Lipinski definition) is 2. The topological polar surface area (TPSA) is 90.0 Å². The van der Waals surface area contributed by atoms with E-state index >= 15 is 0 Å². The van der Waals surface area contributed by atoms with E-state index in [-0.39, 0.29) is 17.4 Å². The molecule has 2 saturated heterocycles. The minimum Gasteiger partial charge on any atom is -0.341 e. The Kier molecular flexibility index (Phi) is 5.55. The smallest absolute Gasteiger partial charge is 0.245 e. The third-order valence-corrected chi connectivity index (χ3v) is 7.02. The predicted molar refractivity (Wildman–Crippen MR) is 125 cm³/mol. The van der Waals surface area contributed by atoms with Crippen molar-refractivity contribution < 1.29 is 4.79 Å². The Balaban J connectivity index is 1.42. The number of amides is 1. The molecule has 0 radical (unpaired) electrons. The van der Waals surface area contributed by atoms with E-state index in [1.165, 1.54) is 12.0 Å². The molecule has 3 aliphatic rings. The fraction of sp³-hybridized carbons (Fsp3) is 0.667. The van der Waals surface area contributed by atoms with Crippen LogP contribution in [0.1, 0.15) is 76.2 Å². The zero-order valence-electron chi connectivity index (χ0n) is 19.6. The summed E-state index contributed by atoms with van der Waals surface area (Å²) in [7, 11) is 0. The second kappa shape index (κ2) is 8.37. The van der Waals surface area contributed by atoms with E-state index in [0.29, 0.717) is 5.95 Å². The number of aromatic amines is 1. The van der Waals surface area contributed by atoms with Crippen LogP contribution in [-0.2, 0) is 23.1 Å². The molecule has 1 atom stereocenters. The van der Waals surface area contributed by atoms with Gasteiger partial charge in [-0.25, -0.2) is 4.98 Å². The van der Waals surface area contributed by atoms with Crippen molar-refractivity contribution in [2.75, 3.05) is 29.9 Å². The molecule has 8 heteroatoms. The first kappa shape index (κ1) is 21.2. The SMILES string of the molecule is CC(C)(C)c1cc(Nc2nc(N3CCCC3C(=O)N3CCCCC3)nc3c2CCC3)n[nH]1. The van der Waals surface area contributed by atoms with E-state index in [1.54, 1.807) is 0 Å². The number of nitrogens with zero attached hydrogens (tertiary/aromatic N) is 5. The van der Waals surface area contributed by atoms with Gasteiger partial charge in [-0.3, -0.25) is 9.89 Å². The number of hydrogen-bond acceptors (Lipinski definition) is 6. The molecule has 32 heavy (non-hydrogen) atoms. The van der Waals surface area contributed by atoms with E-state index in [2.05, 4.69) is 52.2 Å². The maximum Gasteiger partial charge on any atom is 0.245 e. The van der Waals surface area contributed by atoms with E-state index < -0.39 is 0 Å². The van der Waals surface area contributed by atoms with Gasteiger partial charge in [-0.1, -0.05) is 20.8 Å². The van der Waals surface area contributed by atoms with Crippen LogP contribution in [0, 0.1) is 0 Å². The summed E-state index contributed by atoms with van der Waals surface area (Å²) >= 11 is 0. The van der Waals surface area contributed by atoms with Crippen LogP contribution in [0.3, 0.4) is 0 Å². The van der Waals surface area contributed by atoms with E-state index in [0.717, 1.165) is 87.6 Å². The highest BCUT2D eigenvalue weighted by Gasteiger charge is 2.36. The molecule has 0 aromatic carbocycles. The molecule has 8 nitrogen and oxygen atoms in total. The fourth-order valence-electron chi connectivity index (χ4n) is 5.13. The number of aromatic nitrogens is 4. The minimum atomic E-state index is -0.140. The fourth-order valence-corrected chi connectivity index (χ4v) is 5.13. The summed E-state index contributed by atoms with van der Waals surface area (Å²) in [5, 5.41) is 11.1. The molecule has 4 heterocycles. The van der Waals surface area contributed by atoms with Crippen molar-refractivity contribution in [3.63, 3.8) is 0 Å². The lowest BCUT2D eigenvalue weighted by molar-refractivity contribution is -0.133. The summed E-state index contributed by atoms with van der Waals surface area (Å²) in [6, 6.07) is 1.92. The summed E-state index contributed by atoms with van der Waals surface area (Å²) in [4.78, 5) is 27.4. The molecule has 2 N–H and O–H groups in total. The Morgan fingerprint density at radius 3 is 2.62 bits per heavy atom. The Morgan fingerprint density at radius 2 is 1.88 bits per heavy atom. The average molecular weight is 438 g/mol. The van der Waals surface area contributed by atoms with Gasteiger partial charge in [0.25, 0.3) is 0 Å². The third kappa shape index (κ3) is 4.07. The van der Waals surface area contributed by atoms with Crippen molar-refractivity contribution in [2.24, 2.45) is 0 Å². The van der Waals surface area contributed by atoms with E-state index in [1.807, 2.05) is 0 Å².